The van der Waals surface area contributed by atoms with E-state index in [9.17, 15) is 9.59 Å². The number of carbonyl (C=O) groups is 2. The highest BCUT2D eigenvalue weighted by atomic mass is 16.3. The summed E-state index contributed by atoms with van der Waals surface area (Å²) < 4.78 is 5.63. The number of para-hydroxylation sites is 1. The number of aryl methyl sites for hydroxylation is 1. The van der Waals surface area contributed by atoms with Crippen LogP contribution in [0.4, 0.5) is 0 Å². The molecule has 3 heteroatoms. The Kier molecular flexibility index (Phi) is 4.15. The predicted molar refractivity (Wildman–Crippen MR) is 74.5 cm³/mol. The van der Waals surface area contributed by atoms with Gasteiger partial charge in [0.25, 0.3) is 0 Å². The van der Waals surface area contributed by atoms with Crippen molar-refractivity contribution >= 4 is 22.5 Å². The standard InChI is InChI=1S/C16H18O3/c1-3-7-11(17)10-14(18)16-12(4-2)13-8-5-6-9-15(13)19-16/h5-6,8-9H,3-4,7,10H2,1-2H3. The second kappa shape index (κ2) is 5.83. The van der Waals surface area contributed by atoms with E-state index in [0.717, 1.165) is 23.8 Å². The van der Waals surface area contributed by atoms with E-state index in [2.05, 4.69) is 0 Å². The van der Waals surface area contributed by atoms with Crippen LogP contribution in [0.25, 0.3) is 11.0 Å². The molecule has 0 spiro atoms. The molecule has 0 N–H and O–H groups in total. The van der Waals surface area contributed by atoms with Crippen molar-refractivity contribution in [3.63, 3.8) is 0 Å². The first kappa shape index (κ1) is 13.5. The van der Waals surface area contributed by atoms with Gasteiger partial charge in [-0.05, 0) is 18.9 Å². The maximum absolute atomic E-state index is 12.2. The number of furan rings is 1. The Bertz CT molecular complexity index is 607. The predicted octanol–water partition coefficient (Wildman–Crippen LogP) is 3.94. The van der Waals surface area contributed by atoms with Crippen LogP contribution >= 0.6 is 0 Å². The largest absolute Gasteiger partial charge is 0.453 e. The van der Waals surface area contributed by atoms with Gasteiger partial charge in [-0.25, -0.2) is 0 Å². The lowest BCUT2D eigenvalue weighted by Crippen LogP contribution is -2.08. The van der Waals surface area contributed by atoms with Gasteiger partial charge < -0.3 is 4.42 Å². The maximum Gasteiger partial charge on any atom is 0.205 e. The minimum atomic E-state index is -0.202. The monoisotopic (exact) mass is 258 g/mol. The lowest BCUT2D eigenvalue weighted by Gasteiger charge is -1.99. The van der Waals surface area contributed by atoms with Crippen LogP contribution in [0, 0.1) is 0 Å². The molecule has 19 heavy (non-hydrogen) atoms. The van der Waals surface area contributed by atoms with Crippen molar-refractivity contribution in [2.45, 2.75) is 39.5 Å². The fourth-order valence-corrected chi connectivity index (χ4v) is 2.30. The zero-order valence-corrected chi connectivity index (χ0v) is 11.4. The maximum atomic E-state index is 12.2. The zero-order valence-electron chi connectivity index (χ0n) is 11.4. The molecule has 0 aliphatic heterocycles. The molecule has 0 atom stereocenters. The van der Waals surface area contributed by atoms with E-state index in [1.807, 2.05) is 38.1 Å². The van der Waals surface area contributed by atoms with E-state index in [-0.39, 0.29) is 18.0 Å². The summed E-state index contributed by atoms with van der Waals surface area (Å²) in [6.45, 7) is 3.92. The summed E-state index contributed by atoms with van der Waals surface area (Å²) in [5.74, 6) is 0.134. The van der Waals surface area contributed by atoms with Crippen LogP contribution in [0.5, 0.6) is 0 Å². The van der Waals surface area contributed by atoms with Gasteiger partial charge in [-0.2, -0.15) is 0 Å². The number of fused-ring (bicyclic) bond motifs is 1. The number of Topliss-reactive ketones (excluding diaryl/α,β-unsaturated/α-hetero) is 2. The number of ketones is 2. The Morgan fingerprint density at radius 1 is 1.16 bits per heavy atom. The molecule has 0 saturated carbocycles. The third kappa shape index (κ3) is 2.75. The second-order valence-electron chi connectivity index (χ2n) is 4.65. The summed E-state index contributed by atoms with van der Waals surface area (Å²) in [6, 6.07) is 7.59. The molecule has 1 heterocycles. The second-order valence-corrected chi connectivity index (χ2v) is 4.65. The number of rotatable bonds is 6. The fraction of sp³-hybridized carbons (Fsp3) is 0.375. The summed E-state index contributed by atoms with van der Waals surface area (Å²) in [7, 11) is 0. The SMILES string of the molecule is CCCC(=O)CC(=O)c1oc2ccccc2c1CC. The summed E-state index contributed by atoms with van der Waals surface area (Å²) >= 11 is 0. The Morgan fingerprint density at radius 3 is 2.58 bits per heavy atom. The van der Waals surface area contributed by atoms with Crippen LogP contribution in [0.3, 0.4) is 0 Å². The average Bonchev–Trinajstić information content (AvgIpc) is 2.77. The van der Waals surface area contributed by atoms with Gasteiger partial charge in [-0.1, -0.05) is 32.0 Å². The molecule has 0 aliphatic carbocycles. The molecule has 0 fully saturated rings. The van der Waals surface area contributed by atoms with Crippen LogP contribution in [0.15, 0.2) is 28.7 Å². The average molecular weight is 258 g/mol. The first-order valence-electron chi connectivity index (χ1n) is 6.72. The van der Waals surface area contributed by atoms with Gasteiger partial charge in [-0.15, -0.1) is 0 Å². The van der Waals surface area contributed by atoms with Gasteiger partial charge in [0.05, 0.1) is 6.42 Å². The lowest BCUT2D eigenvalue weighted by molar-refractivity contribution is -0.118. The van der Waals surface area contributed by atoms with E-state index < -0.39 is 0 Å². The first-order chi connectivity index (χ1) is 9.17. The highest BCUT2D eigenvalue weighted by Gasteiger charge is 2.20. The minimum absolute atomic E-state index is 0.0185. The Morgan fingerprint density at radius 2 is 1.89 bits per heavy atom. The van der Waals surface area contributed by atoms with Crippen LogP contribution < -0.4 is 0 Å². The number of hydrogen-bond donors (Lipinski definition) is 0. The molecule has 0 saturated heterocycles. The molecule has 0 aliphatic rings. The highest BCUT2D eigenvalue weighted by molar-refractivity contribution is 6.09. The molecule has 0 bridgehead atoms. The van der Waals surface area contributed by atoms with Crippen LogP contribution in [-0.4, -0.2) is 11.6 Å². The van der Waals surface area contributed by atoms with Crippen molar-refractivity contribution in [2.75, 3.05) is 0 Å². The minimum Gasteiger partial charge on any atom is -0.453 e. The topological polar surface area (TPSA) is 47.3 Å². The normalized spacial score (nSPS) is 10.8. The first-order valence-corrected chi connectivity index (χ1v) is 6.72. The van der Waals surface area contributed by atoms with Crippen molar-refractivity contribution < 1.29 is 14.0 Å². The van der Waals surface area contributed by atoms with Gasteiger partial charge in [0.2, 0.25) is 5.78 Å². The summed E-state index contributed by atoms with van der Waals surface area (Å²) in [6.07, 6.45) is 1.89. The van der Waals surface area contributed by atoms with Crippen LogP contribution in [-0.2, 0) is 11.2 Å². The van der Waals surface area contributed by atoms with Crippen molar-refractivity contribution in [1.29, 1.82) is 0 Å². The zero-order chi connectivity index (χ0) is 13.8. The molecule has 1 aromatic heterocycles. The molecule has 2 aromatic rings. The van der Waals surface area contributed by atoms with Crippen molar-refractivity contribution in [3.05, 3.63) is 35.6 Å². The third-order valence-corrected chi connectivity index (χ3v) is 3.19. The van der Waals surface area contributed by atoms with E-state index in [0.29, 0.717) is 17.8 Å². The van der Waals surface area contributed by atoms with E-state index >= 15 is 0 Å². The molecule has 3 nitrogen and oxygen atoms in total. The lowest BCUT2D eigenvalue weighted by atomic mass is 10.0. The Balaban J connectivity index is 2.33. The van der Waals surface area contributed by atoms with E-state index in [1.54, 1.807) is 0 Å². The Hall–Kier alpha value is -1.90. The third-order valence-electron chi connectivity index (χ3n) is 3.19. The smallest absolute Gasteiger partial charge is 0.205 e. The van der Waals surface area contributed by atoms with Gasteiger partial charge in [0.1, 0.15) is 11.4 Å². The van der Waals surface area contributed by atoms with Crippen LogP contribution in [0.2, 0.25) is 0 Å². The molecule has 2 rings (SSSR count). The number of benzene rings is 1. The summed E-state index contributed by atoms with van der Waals surface area (Å²) in [5, 5.41) is 0.969. The van der Waals surface area contributed by atoms with E-state index in [1.165, 1.54) is 0 Å². The molecule has 1 aromatic carbocycles. The molecule has 100 valence electrons. The number of carbonyl (C=O) groups excluding carboxylic acids is 2. The molecular weight excluding hydrogens is 240 g/mol. The fourth-order valence-electron chi connectivity index (χ4n) is 2.30. The van der Waals surface area contributed by atoms with Crippen molar-refractivity contribution in [3.8, 4) is 0 Å². The van der Waals surface area contributed by atoms with Gasteiger partial charge in [0.15, 0.2) is 5.76 Å². The van der Waals surface area contributed by atoms with Crippen LogP contribution in [0.1, 0.15) is 49.2 Å². The quantitative estimate of drug-likeness (QED) is 0.582. The van der Waals surface area contributed by atoms with Gasteiger partial charge in [0, 0.05) is 17.4 Å². The molecule has 0 radical (unpaired) electrons. The van der Waals surface area contributed by atoms with E-state index in [4.69, 9.17) is 4.42 Å². The van der Waals surface area contributed by atoms with Crippen molar-refractivity contribution in [2.24, 2.45) is 0 Å². The Labute approximate surface area is 112 Å². The van der Waals surface area contributed by atoms with Crippen molar-refractivity contribution in [1.82, 2.24) is 0 Å². The molecule has 0 unspecified atom stereocenters. The molecular formula is C16H18O3. The van der Waals surface area contributed by atoms with Gasteiger partial charge >= 0.3 is 0 Å². The summed E-state index contributed by atoms with van der Waals surface area (Å²) in [5.41, 5.74) is 1.62. The highest BCUT2D eigenvalue weighted by Crippen LogP contribution is 2.27. The molecule has 0 amide bonds. The van der Waals surface area contributed by atoms with Gasteiger partial charge in [-0.3, -0.25) is 9.59 Å². The summed E-state index contributed by atoms with van der Waals surface area (Å²) in [4.78, 5) is 23.7. The number of hydrogen-bond acceptors (Lipinski definition) is 3.